The molecule has 1 saturated heterocycles. The molecule has 3 heterocycles. The number of nitrogens with one attached hydrogen (secondary N) is 1. The first-order valence-corrected chi connectivity index (χ1v) is 12.8. The molecule has 0 spiro atoms. The average Bonchev–Trinajstić information content (AvgIpc) is 3.39. The summed E-state index contributed by atoms with van der Waals surface area (Å²) in [5, 5.41) is 12.9. The standard InChI is InChI=1S/C31H25F2N5O/c32-26-9-4-10-27(33)28(26)30-25-16-20(6-5-15-38-13-1-2-14-38)11-12-24(25)29-21(18-34-30)19-35-31(37-29)36-22-7-3-8-23(39)17-22/h3-4,7-12,16-17,19,39H,1-2,13-15,18H2,(H,35,36,37). The lowest BCUT2D eigenvalue weighted by Crippen LogP contribution is -2.18. The highest BCUT2D eigenvalue weighted by molar-refractivity contribution is 6.17. The van der Waals surface area contributed by atoms with E-state index < -0.39 is 11.6 Å². The van der Waals surface area contributed by atoms with Crippen LogP contribution >= 0.6 is 0 Å². The molecule has 39 heavy (non-hydrogen) atoms. The van der Waals surface area contributed by atoms with Crippen molar-refractivity contribution in [2.24, 2.45) is 4.99 Å². The first-order chi connectivity index (χ1) is 19.0. The van der Waals surface area contributed by atoms with Crippen LogP contribution in [0.5, 0.6) is 5.75 Å². The van der Waals surface area contributed by atoms with Crippen molar-refractivity contribution in [3.63, 3.8) is 0 Å². The number of aromatic nitrogens is 2. The van der Waals surface area contributed by atoms with Gasteiger partial charge in [0.05, 0.1) is 30.1 Å². The van der Waals surface area contributed by atoms with Crippen LogP contribution in [0.1, 0.15) is 35.1 Å². The zero-order valence-corrected chi connectivity index (χ0v) is 21.1. The molecule has 0 saturated carbocycles. The minimum Gasteiger partial charge on any atom is -0.508 e. The van der Waals surface area contributed by atoms with Gasteiger partial charge in [-0.15, -0.1) is 0 Å². The molecule has 2 aliphatic rings. The average molecular weight is 522 g/mol. The van der Waals surface area contributed by atoms with E-state index in [9.17, 15) is 13.9 Å². The highest BCUT2D eigenvalue weighted by Crippen LogP contribution is 2.34. The molecule has 0 atom stereocenters. The summed E-state index contributed by atoms with van der Waals surface area (Å²) in [5.74, 6) is 5.51. The van der Waals surface area contributed by atoms with Gasteiger partial charge in [-0.1, -0.05) is 30.0 Å². The molecule has 0 bridgehead atoms. The maximum atomic E-state index is 15.0. The number of anilines is 2. The summed E-state index contributed by atoms with van der Waals surface area (Å²) in [4.78, 5) is 16.1. The SMILES string of the molecule is Oc1cccc(Nc2ncc3c(n2)-c2ccc(C#CCN4CCCC4)cc2C(c2c(F)cccc2F)=NC3)c1. The Morgan fingerprint density at radius 3 is 2.54 bits per heavy atom. The molecule has 0 unspecified atom stereocenters. The van der Waals surface area contributed by atoms with Crippen LogP contribution < -0.4 is 5.32 Å². The number of fused-ring (bicyclic) bond motifs is 3. The Morgan fingerprint density at radius 1 is 0.949 bits per heavy atom. The van der Waals surface area contributed by atoms with Crippen LogP contribution in [0.3, 0.4) is 0 Å². The summed E-state index contributed by atoms with van der Waals surface area (Å²) in [6, 6.07) is 16.0. The number of aromatic hydroxyl groups is 1. The lowest BCUT2D eigenvalue weighted by Gasteiger charge is -2.14. The van der Waals surface area contributed by atoms with Gasteiger partial charge in [0.25, 0.3) is 0 Å². The summed E-state index contributed by atoms with van der Waals surface area (Å²) in [5.41, 5.74) is 3.94. The van der Waals surface area contributed by atoms with Crippen LogP contribution in [0.4, 0.5) is 20.4 Å². The van der Waals surface area contributed by atoms with Crippen molar-refractivity contribution >= 4 is 17.3 Å². The van der Waals surface area contributed by atoms with Crippen LogP contribution in [-0.2, 0) is 6.54 Å². The topological polar surface area (TPSA) is 73.6 Å². The van der Waals surface area contributed by atoms with E-state index in [2.05, 4.69) is 32.0 Å². The Morgan fingerprint density at radius 2 is 1.74 bits per heavy atom. The molecule has 2 aliphatic heterocycles. The second-order valence-corrected chi connectivity index (χ2v) is 9.55. The summed E-state index contributed by atoms with van der Waals surface area (Å²) < 4.78 is 30.0. The number of phenols is 1. The van der Waals surface area contributed by atoms with Gasteiger partial charge in [-0.25, -0.2) is 18.7 Å². The van der Waals surface area contributed by atoms with Gasteiger partial charge < -0.3 is 10.4 Å². The van der Waals surface area contributed by atoms with Crippen LogP contribution in [-0.4, -0.2) is 45.3 Å². The summed E-state index contributed by atoms with van der Waals surface area (Å²) in [6.07, 6.45) is 4.04. The van der Waals surface area contributed by atoms with Gasteiger partial charge in [-0.3, -0.25) is 9.89 Å². The molecule has 8 heteroatoms. The fourth-order valence-corrected chi connectivity index (χ4v) is 4.93. The Kier molecular flexibility index (Phi) is 6.74. The highest BCUT2D eigenvalue weighted by atomic mass is 19.1. The number of halogens is 2. The molecule has 1 fully saturated rings. The first-order valence-electron chi connectivity index (χ1n) is 12.8. The molecular formula is C31H25F2N5O. The molecule has 0 radical (unpaired) electrons. The minimum absolute atomic E-state index is 0.114. The van der Waals surface area contributed by atoms with E-state index in [0.29, 0.717) is 35.0 Å². The van der Waals surface area contributed by atoms with Gasteiger partial charge in [0, 0.05) is 40.2 Å². The second-order valence-electron chi connectivity index (χ2n) is 9.55. The quantitative estimate of drug-likeness (QED) is 0.339. The zero-order chi connectivity index (χ0) is 26.8. The fraction of sp³-hybridized carbons (Fsp3) is 0.194. The van der Waals surface area contributed by atoms with Crippen LogP contribution in [0.15, 0.2) is 71.9 Å². The van der Waals surface area contributed by atoms with Crippen molar-refractivity contribution in [3.05, 3.63) is 101 Å². The van der Waals surface area contributed by atoms with Crippen LogP contribution in [0.25, 0.3) is 11.3 Å². The number of aliphatic imine (C=N–C) groups is 1. The number of nitrogens with zero attached hydrogens (tertiary/aromatic N) is 4. The molecule has 6 rings (SSSR count). The Hall–Kier alpha value is -4.61. The van der Waals surface area contributed by atoms with Gasteiger partial charge in [-0.2, -0.15) is 0 Å². The van der Waals surface area contributed by atoms with Crippen molar-refractivity contribution in [1.82, 2.24) is 14.9 Å². The Bertz CT molecular complexity index is 1630. The second kappa shape index (κ2) is 10.6. The van der Waals surface area contributed by atoms with Gasteiger partial charge >= 0.3 is 0 Å². The maximum Gasteiger partial charge on any atom is 0.227 e. The monoisotopic (exact) mass is 521 g/mol. The predicted molar refractivity (Wildman–Crippen MR) is 147 cm³/mol. The Labute approximate surface area is 225 Å². The maximum absolute atomic E-state index is 15.0. The highest BCUT2D eigenvalue weighted by Gasteiger charge is 2.25. The normalized spacial score (nSPS) is 14.5. The van der Waals surface area contributed by atoms with Crippen molar-refractivity contribution in [2.75, 3.05) is 25.0 Å². The van der Waals surface area contributed by atoms with Crippen molar-refractivity contribution in [3.8, 4) is 28.8 Å². The van der Waals surface area contributed by atoms with E-state index in [0.717, 1.165) is 24.2 Å². The third-order valence-corrected chi connectivity index (χ3v) is 6.84. The van der Waals surface area contributed by atoms with E-state index in [-0.39, 0.29) is 23.6 Å². The third kappa shape index (κ3) is 5.22. The number of benzene rings is 3. The number of phenolic OH excluding ortho intramolecular Hbond substituents is 1. The van der Waals surface area contributed by atoms with Crippen molar-refractivity contribution in [2.45, 2.75) is 19.4 Å². The van der Waals surface area contributed by atoms with E-state index in [1.54, 1.807) is 30.5 Å². The van der Waals surface area contributed by atoms with Crippen LogP contribution in [0, 0.1) is 23.5 Å². The van der Waals surface area contributed by atoms with Gasteiger partial charge in [0.1, 0.15) is 17.4 Å². The van der Waals surface area contributed by atoms with E-state index >= 15 is 0 Å². The van der Waals surface area contributed by atoms with Crippen molar-refractivity contribution < 1.29 is 13.9 Å². The first kappa shape index (κ1) is 24.7. The number of hydrogen-bond donors (Lipinski definition) is 2. The largest absolute Gasteiger partial charge is 0.508 e. The molecule has 1 aromatic heterocycles. The lowest BCUT2D eigenvalue weighted by molar-refractivity contribution is 0.383. The van der Waals surface area contributed by atoms with Crippen molar-refractivity contribution in [1.29, 1.82) is 0 Å². The number of rotatable bonds is 4. The molecule has 0 amide bonds. The molecule has 0 aliphatic carbocycles. The molecular weight excluding hydrogens is 496 g/mol. The van der Waals surface area contributed by atoms with Gasteiger partial charge in [0.2, 0.25) is 5.95 Å². The fourth-order valence-electron chi connectivity index (χ4n) is 4.93. The van der Waals surface area contributed by atoms with E-state index in [1.165, 1.54) is 31.0 Å². The van der Waals surface area contributed by atoms with Gasteiger partial charge in [0.15, 0.2) is 0 Å². The third-order valence-electron chi connectivity index (χ3n) is 6.84. The number of likely N-dealkylation sites (tertiary alicyclic amines) is 1. The lowest BCUT2D eigenvalue weighted by atomic mass is 9.93. The van der Waals surface area contributed by atoms with Gasteiger partial charge in [-0.05, 0) is 62.3 Å². The smallest absolute Gasteiger partial charge is 0.227 e. The summed E-state index contributed by atoms with van der Waals surface area (Å²) in [6.45, 7) is 2.94. The molecule has 194 valence electrons. The minimum atomic E-state index is -0.687. The Balaban J connectivity index is 1.44. The zero-order valence-electron chi connectivity index (χ0n) is 21.1. The molecule has 4 aromatic rings. The van der Waals surface area contributed by atoms with Crippen LogP contribution in [0.2, 0.25) is 0 Å². The molecule has 2 N–H and O–H groups in total. The predicted octanol–water partition coefficient (Wildman–Crippen LogP) is 5.67. The molecule has 3 aromatic carbocycles. The molecule has 6 nitrogen and oxygen atoms in total. The van der Waals surface area contributed by atoms with E-state index in [4.69, 9.17) is 4.98 Å². The summed E-state index contributed by atoms with van der Waals surface area (Å²) >= 11 is 0. The number of hydrogen-bond acceptors (Lipinski definition) is 6. The van der Waals surface area contributed by atoms with E-state index in [1.807, 2.05) is 18.2 Å². The summed E-state index contributed by atoms with van der Waals surface area (Å²) in [7, 11) is 0.